The van der Waals surface area contributed by atoms with Crippen molar-refractivity contribution in [2.75, 3.05) is 0 Å². The van der Waals surface area contributed by atoms with Crippen molar-refractivity contribution in [1.82, 2.24) is 10.1 Å². The van der Waals surface area contributed by atoms with Crippen molar-refractivity contribution in [3.63, 3.8) is 0 Å². The van der Waals surface area contributed by atoms with Crippen molar-refractivity contribution >= 4 is 27.7 Å². The third-order valence-corrected chi connectivity index (χ3v) is 6.21. The summed E-state index contributed by atoms with van der Waals surface area (Å²) in [4.78, 5) is 5.76. The quantitative estimate of drug-likeness (QED) is 0.791. The van der Waals surface area contributed by atoms with Gasteiger partial charge in [-0.2, -0.15) is 4.98 Å². The third-order valence-electron chi connectivity index (χ3n) is 4.22. The molecule has 0 aliphatic heterocycles. The molecule has 1 aliphatic rings. The van der Waals surface area contributed by atoms with Gasteiger partial charge < -0.3 is 10.3 Å². The van der Waals surface area contributed by atoms with Crippen LogP contribution in [0.25, 0.3) is 0 Å². The van der Waals surface area contributed by atoms with Crippen LogP contribution in [0.15, 0.2) is 26.0 Å². The van der Waals surface area contributed by atoms with Gasteiger partial charge in [-0.3, -0.25) is 0 Å². The molecule has 4 nitrogen and oxygen atoms in total. The summed E-state index contributed by atoms with van der Waals surface area (Å²) in [6, 6.07) is 4.33. The molecule has 2 aromatic rings. The van der Waals surface area contributed by atoms with Gasteiger partial charge in [-0.1, -0.05) is 33.9 Å². The SMILES string of the molecule is Cc1cc(SCc2nc(C3(N)CCCC3)no2)c(C)cc1Br. The molecule has 0 amide bonds. The second-order valence-corrected chi connectivity index (χ2v) is 7.90. The second kappa shape index (κ2) is 6.34. The van der Waals surface area contributed by atoms with Gasteiger partial charge >= 0.3 is 0 Å². The fourth-order valence-corrected chi connectivity index (χ4v) is 4.20. The maximum absolute atomic E-state index is 6.36. The van der Waals surface area contributed by atoms with E-state index in [0.29, 0.717) is 17.5 Å². The first kappa shape index (κ1) is 16.0. The van der Waals surface area contributed by atoms with Gasteiger partial charge in [-0.15, -0.1) is 11.8 Å². The molecule has 6 heteroatoms. The number of hydrogen-bond donors (Lipinski definition) is 1. The molecular formula is C16H20BrN3OS. The Balaban J connectivity index is 1.70. The standard InChI is InChI=1S/C16H20BrN3OS/c1-10-8-13(11(2)7-12(10)17)22-9-14-19-15(20-21-14)16(18)5-3-4-6-16/h7-8H,3-6,9,18H2,1-2H3. The molecule has 2 N–H and O–H groups in total. The van der Waals surface area contributed by atoms with E-state index in [1.807, 2.05) is 0 Å². The van der Waals surface area contributed by atoms with Crippen LogP contribution in [0.5, 0.6) is 0 Å². The monoisotopic (exact) mass is 381 g/mol. The number of nitrogens with two attached hydrogens (primary N) is 1. The van der Waals surface area contributed by atoms with E-state index in [4.69, 9.17) is 10.3 Å². The van der Waals surface area contributed by atoms with Crippen LogP contribution in [0.2, 0.25) is 0 Å². The highest BCUT2D eigenvalue weighted by atomic mass is 79.9. The Morgan fingerprint density at radius 1 is 1.27 bits per heavy atom. The Labute approximate surface area is 143 Å². The lowest BCUT2D eigenvalue weighted by Gasteiger charge is -2.17. The van der Waals surface area contributed by atoms with Gasteiger partial charge in [0.25, 0.3) is 0 Å². The molecule has 0 bridgehead atoms. The molecule has 1 fully saturated rings. The van der Waals surface area contributed by atoms with Crippen LogP contribution in [0.4, 0.5) is 0 Å². The fourth-order valence-electron chi connectivity index (χ4n) is 2.79. The number of halogens is 1. The number of hydrogen-bond acceptors (Lipinski definition) is 5. The Morgan fingerprint density at radius 3 is 2.73 bits per heavy atom. The summed E-state index contributed by atoms with van der Waals surface area (Å²) in [5.41, 5.74) is 8.46. The van der Waals surface area contributed by atoms with Gasteiger partial charge in [0, 0.05) is 9.37 Å². The number of nitrogens with zero attached hydrogens (tertiary/aromatic N) is 2. The van der Waals surface area contributed by atoms with E-state index in [0.717, 1.165) is 30.2 Å². The van der Waals surface area contributed by atoms with Gasteiger partial charge in [-0.25, -0.2) is 0 Å². The highest BCUT2D eigenvalue weighted by Gasteiger charge is 2.35. The van der Waals surface area contributed by atoms with Crippen molar-refractivity contribution in [3.05, 3.63) is 39.4 Å². The van der Waals surface area contributed by atoms with E-state index in [-0.39, 0.29) is 5.54 Å². The van der Waals surface area contributed by atoms with E-state index >= 15 is 0 Å². The number of rotatable bonds is 4. The van der Waals surface area contributed by atoms with Crippen molar-refractivity contribution in [2.45, 2.75) is 55.7 Å². The zero-order valence-corrected chi connectivity index (χ0v) is 15.3. The van der Waals surface area contributed by atoms with Crippen LogP contribution in [-0.2, 0) is 11.3 Å². The van der Waals surface area contributed by atoms with Crippen molar-refractivity contribution < 1.29 is 4.52 Å². The van der Waals surface area contributed by atoms with Crippen molar-refractivity contribution in [2.24, 2.45) is 5.73 Å². The van der Waals surface area contributed by atoms with Gasteiger partial charge in [0.1, 0.15) is 0 Å². The summed E-state index contributed by atoms with van der Waals surface area (Å²) in [6.07, 6.45) is 4.19. The highest BCUT2D eigenvalue weighted by molar-refractivity contribution is 9.10. The molecule has 0 saturated heterocycles. The van der Waals surface area contributed by atoms with E-state index in [1.165, 1.54) is 16.0 Å². The first-order valence-electron chi connectivity index (χ1n) is 7.49. The second-order valence-electron chi connectivity index (χ2n) is 6.03. The van der Waals surface area contributed by atoms with E-state index in [1.54, 1.807) is 11.8 Å². The molecule has 1 saturated carbocycles. The Morgan fingerprint density at radius 2 is 2.00 bits per heavy atom. The Hall–Kier alpha value is -0.850. The fraction of sp³-hybridized carbons (Fsp3) is 0.500. The third kappa shape index (κ3) is 3.24. The molecule has 1 heterocycles. The van der Waals surface area contributed by atoms with Crippen molar-refractivity contribution in [1.29, 1.82) is 0 Å². The van der Waals surface area contributed by atoms with Crippen LogP contribution >= 0.6 is 27.7 Å². The van der Waals surface area contributed by atoms with Crippen molar-refractivity contribution in [3.8, 4) is 0 Å². The summed E-state index contributed by atoms with van der Waals surface area (Å²) < 4.78 is 6.53. The zero-order valence-electron chi connectivity index (χ0n) is 12.9. The minimum atomic E-state index is -0.378. The van der Waals surface area contributed by atoms with Crippen LogP contribution in [0, 0.1) is 13.8 Å². The predicted molar refractivity (Wildman–Crippen MR) is 91.8 cm³/mol. The van der Waals surface area contributed by atoms with Crippen LogP contribution < -0.4 is 5.73 Å². The van der Waals surface area contributed by atoms with Crippen LogP contribution in [0.3, 0.4) is 0 Å². The predicted octanol–water partition coefficient (Wildman–Crippen LogP) is 4.47. The number of aryl methyl sites for hydroxylation is 2. The topological polar surface area (TPSA) is 64.9 Å². The van der Waals surface area contributed by atoms with E-state index < -0.39 is 0 Å². The normalized spacial score (nSPS) is 17.1. The summed E-state index contributed by atoms with van der Waals surface area (Å²) in [7, 11) is 0. The molecule has 22 heavy (non-hydrogen) atoms. The molecule has 3 rings (SSSR count). The number of benzene rings is 1. The largest absolute Gasteiger partial charge is 0.338 e. The minimum Gasteiger partial charge on any atom is -0.338 e. The van der Waals surface area contributed by atoms with Gasteiger partial charge in [0.2, 0.25) is 5.89 Å². The van der Waals surface area contributed by atoms with E-state index in [9.17, 15) is 0 Å². The van der Waals surface area contributed by atoms with Crippen LogP contribution in [0.1, 0.15) is 48.5 Å². The zero-order chi connectivity index (χ0) is 15.7. The molecule has 0 atom stereocenters. The molecule has 0 unspecified atom stereocenters. The summed E-state index contributed by atoms with van der Waals surface area (Å²) in [5, 5.41) is 4.10. The Bertz CT molecular complexity index is 680. The summed E-state index contributed by atoms with van der Waals surface area (Å²) in [6.45, 7) is 4.20. The van der Waals surface area contributed by atoms with E-state index in [2.05, 4.69) is 52.1 Å². The molecular weight excluding hydrogens is 362 g/mol. The average Bonchev–Trinajstić information content (AvgIpc) is 3.11. The molecule has 1 aliphatic carbocycles. The molecule has 0 radical (unpaired) electrons. The van der Waals surface area contributed by atoms with Gasteiger partial charge in [0.15, 0.2) is 5.82 Å². The average molecular weight is 382 g/mol. The molecule has 118 valence electrons. The smallest absolute Gasteiger partial charge is 0.237 e. The summed E-state index contributed by atoms with van der Waals surface area (Å²) >= 11 is 5.28. The van der Waals surface area contributed by atoms with Gasteiger partial charge in [-0.05, 0) is 49.9 Å². The first-order chi connectivity index (χ1) is 10.5. The number of aromatic nitrogens is 2. The minimum absolute atomic E-state index is 0.378. The lowest BCUT2D eigenvalue weighted by Crippen LogP contribution is -2.34. The summed E-state index contributed by atoms with van der Waals surface area (Å²) in [5.74, 6) is 1.99. The molecule has 0 spiro atoms. The maximum Gasteiger partial charge on any atom is 0.237 e. The lowest BCUT2D eigenvalue weighted by atomic mass is 9.99. The Kier molecular flexibility index (Phi) is 4.61. The molecule has 1 aromatic carbocycles. The highest BCUT2D eigenvalue weighted by Crippen LogP contribution is 2.35. The first-order valence-corrected chi connectivity index (χ1v) is 9.27. The lowest BCUT2D eigenvalue weighted by molar-refractivity contribution is 0.355. The molecule has 1 aromatic heterocycles. The maximum atomic E-state index is 6.36. The number of thioether (sulfide) groups is 1. The van der Waals surface area contributed by atoms with Gasteiger partial charge in [0.05, 0.1) is 11.3 Å². The van der Waals surface area contributed by atoms with Crippen LogP contribution in [-0.4, -0.2) is 10.1 Å².